The molecule has 150 valence electrons. The lowest BCUT2D eigenvalue weighted by atomic mass is 10.2. The number of benzene rings is 2. The molecular formula is C18H15ClN4O6. The lowest BCUT2D eigenvalue weighted by Crippen LogP contribution is -2.15. The third kappa shape index (κ3) is 5.20. The van der Waals surface area contributed by atoms with Crippen molar-refractivity contribution >= 4 is 28.9 Å². The van der Waals surface area contributed by atoms with Crippen LogP contribution in [0.4, 0.5) is 11.4 Å². The molecule has 0 unspecified atom stereocenters. The van der Waals surface area contributed by atoms with E-state index in [2.05, 4.69) is 15.5 Å². The van der Waals surface area contributed by atoms with Crippen LogP contribution in [0.1, 0.15) is 11.7 Å². The number of nitro benzene ring substituents is 1. The fourth-order valence-electron chi connectivity index (χ4n) is 2.37. The Morgan fingerprint density at radius 1 is 1.28 bits per heavy atom. The van der Waals surface area contributed by atoms with Crippen LogP contribution in [0.25, 0.3) is 0 Å². The molecule has 10 nitrogen and oxygen atoms in total. The summed E-state index contributed by atoms with van der Waals surface area (Å²) in [5.74, 6) is 0.709. The van der Waals surface area contributed by atoms with E-state index in [1.54, 1.807) is 24.3 Å². The van der Waals surface area contributed by atoms with Crippen LogP contribution in [-0.2, 0) is 17.8 Å². The Bertz CT molecular complexity index is 1040. The third-order valence-corrected chi connectivity index (χ3v) is 3.98. The Kier molecular flexibility index (Phi) is 6.25. The SMILES string of the molecule is COc1ccccc1NC(=O)Cc1noc(COc2ccc([N+](=O)[O-])cc2Cl)n1. The van der Waals surface area contributed by atoms with Gasteiger partial charge in [0.15, 0.2) is 12.4 Å². The maximum Gasteiger partial charge on any atom is 0.271 e. The number of carbonyl (C=O) groups is 1. The number of halogens is 1. The van der Waals surface area contributed by atoms with Crippen LogP contribution in [0.2, 0.25) is 5.02 Å². The zero-order valence-corrected chi connectivity index (χ0v) is 15.9. The summed E-state index contributed by atoms with van der Waals surface area (Å²) in [5.41, 5.74) is 0.378. The van der Waals surface area contributed by atoms with Gasteiger partial charge in [-0.1, -0.05) is 28.9 Å². The Balaban J connectivity index is 1.57. The molecule has 0 saturated carbocycles. The summed E-state index contributed by atoms with van der Waals surface area (Å²) >= 11 is 5.96. The van der Waals surface area contributed by atoms with Crippen LogP contribution in [0, 0.1) is 10.1 Å². The van der Waals surface area contributed by atoms with E-state index < -0.39 is 4.92 Å². The van der Waals surface area contributed by atoms with Crippen LogP contribution < -0.4 is 14.8 Å². The minimum absolute atomic E-state index is 0.0788. The van der Waals surface area contributed by atoms with Gasteiger partial charge in [0.1, 0.15) is 11.5 Å². The highest BCUT2D eigenvalue weighted by molar-refractivity contribution is 6.32. The number of nitro groups is 1. The van der Waals surface area contributed by atoms with Crippen molar-refractivity contribution in [2.45, 2.75) is 13.0 Å². The normalized spacial score (nSPS) is 10.4. The minimum atomic E-state index is -0.560. The number of nitrogens with zero attached hydrogens (tertiary/aromatic N) is 3. The number of rotatable bonds is 8. The first-order valence-corrected chi connectivity index (χ1v) is 8.65. The molecule has 0 saturated heterocycles. The molecule has 1 amide bonds. The molecule has 0 radical (unpaired) electrons. The summed E-state index contributed by atoms with van der Waals surface area (Å²) in [7, 11) is 1.51. The van der Waals surface area contributed by atoms with E-state index in [0.29, 0.717) is 11.4 Å². The van der Waals surface area contributed by atoms with Crippen LogP contribution in [0.3, 0.4) is 0 Å². The summed E-state index contributed by atoms with van der Waals surface area (Å²) in [6.45, 7) is -0.112. The molecule has 0 atom stereocenters. The average molecular weight is 419 g/mol. The van der Waals surface area contributed by atoms with E-state index in [0.717, 1.165) is 0 Å². The molecule has 3 rings (SSSR count). The van der Waals surface area contributed by atoms with E-state index in [-0.39, 0.29) is 47.1 Å². The largest absolute Gasteiger partial charge is 0.495 e. The van der Waals surface area contributed by atoms with E-state index in [9.17, 15) is 14.9 Å². The maximum atomic E-state index is 12.2. The van der Waals surface area contributed by atoms with Crippen LogP contribution >= 0.6 is 11.6 Å². The average Bonchev–Trinajstić information content (AvgIpc) is 3.14. The number of hydrogen-bond donors (Lipinski definition) is 1. The van der Waals surface area contributed by atoms with Gasteiger partial charge in [-0.05, 0) is 18.2 Å². The fourth-order valence-corrected chi connectivity index (χ4v) is 2.60. The number of ether oxygens (including phenoxy) is 2. The Hall–Kier alpha value is -3.66. The summed E-state index contributed by atoms with van der Waals surface area (Å²) in [6, 6.07) is 10.8. The van der Waals surface area contributed by atoms with Crippen molar-refractivity contribution in [3.63, 3.8) is 0 Å². The van der Waals surface area contributed by atoms with Gasteiger partial charge in [0.05, 0.1) is 29.2 Å². The smallest absolute Gasteiger partial charge is 0.271 e. The highest BCUT2D eigenvalue weighted by Gasteiger charge is 2.15. The van der Waals surface area contributed by atoms with Gasteiger partial charge in [0.25, 0.3) is 11.6 Å². The van der Waals surface area contributed by atoms with E-state index >= 15 is 0 Å². The molecule has 3 aromatic rings. The predicted octanol–water partition coefficient (Wildman–Crippen LogP) is 3.40. The molecule has 0 spiro atoms. The number of carbonyl (C=O) groups excluding carboxylic acids is 1. The molecule has 0 aliphatic carbocycles. The first-order chi connectivity index (χ1) is 14.0. The van der Waals surface area contributed by atoms with E-state index in [1.165, 1.54) is 25.3 Å². The number of aromatic nitrogens is 2. The van der Waals surface area contributed by atoms with Crippen LogP contribution in [-0.4, -0.2) is 28.1 Å². The third-order valence-electron chi connectivity index (χ3n) is 3.69. The molecule has 1 heterocycles. The molecule has 2 aromatic carbocycles. The van der Waals surface area contributed by atoms with E-state index in [4.69, 9.17) is 25.6 Å². The zero-order chi connectivity index (χ0) is 20.8. The standard InChI is InChI=1S/C18H15ClN4O6/c1-27-15-5-3-2-4-13(15)20-17(24)9-16-21-18(29-22-16)10-28-14-7-6-11(23(25)26)8-12(14)19/h2-8H,9-10H2,1H3,(H,20,24). The van der Waals surface area contributed by atoms with Crippen LogP contribution in [0.5, 0.6) is 11.5 Å². The second-order valence-electron chi connectivity index (χ2n) is 5.69. The minimum Gasteiger partial charge on any atom is -0.495 e. The topological polar surface area (TPSA) is 130 Å². The van der Waals surface area contributed by atoms with Gasteiger partial charge in [-0.3, -0.25) is 14.9 Å². The number of hydrogen-bond acceptors (Lipinski definition) is 8. The zero-order valence-electron chi connectivity index (χ0n) is 15.1. The van der Waals surface area contributed by atoms with Crippen molar-refractivity contribution in [2.24, 2.45) is 0 Å². The van der Waals surface area contributed by atoms with Gasteiger partial charge in [-0.15, -0.1) is 0 Å². The lowest BCUT2D eigenvalue weighted by molar-refractivity contribution is -0.384. The van der Waals surface area contributed by atoms with Gasteiger partial charge in [-0.25, -0.2) is 0 Å². The molecule has 1 aromatic heterocycles. The molecule has 1 N–H and O–H groups in total. The summed E-state index contributed by atoms with van der Waals surface area (Å²) in [6.07, 6.45) is -0.111. The summed E-state index contributed by atoms with van der Waals surface area (Å²) in [5, 5.41) is 17.2. The second-order valence-corrected chi connectivity index (χ2v) is 6.10. The summed E-state index contributed by atoms with van der Waals surface area (Å²) in [4.78, 5) is 26.4. The van der Waals surface area contributed by atoms with Crippen molar-refractivity contribution in [2.75, 3.05) is 12.4 Å². The number of amides is 1. The Morgan fingerprint density at radius 2 is 2.07 bits per heavy atom. The lowest BCUT2D eigenvalue weighted by Gasteiger charge is -2.08. The molecule has 0 aliphatic rings. The molecule has 29 heavy (non-hydrogen) atoms. The highest BCUT2D eigenvalue weighted by atomic mass is 35.5. The molecule has 0 bridgehead atoms. The Morgan fingerprint density at radius 3 is 2.79 bits per heavy atom. The molecule has 11 heteroatoms. The summed E-state index contributed by atoms with van der Waals surface area (Å²) < 4.78 is 15.7. The molecular weight excluding hydrogens is 404 g/mol. The monoisotopic (exact) mass is 418 g/mol. The van der Waals surface area contributed by atoms with Gasteiger partial charge < -0.3 is 19.3 Å². The number of non-ortho nitro benzene ring substituents is 1. The van der Waals surface area contributed by atoms with Gasteiger partial charge >= 0.3 is 0 Å². The first kappa shape index (κ1) is 20.1. The molecule has 0 fully saturated rings. The fraction of sp³-hybridized carbons (Fsp3) is 0.167. The maximum absolute atomic E-state index is 12.2. The number of nitrogens with one attached hydrogen (secondary N) is 1. The van der Waals surface area contributed by atoms with Gasteiger partial charge in [0, 0.05) is 12.1 Å². The van der Waals surface area contributed by atoms with Gasteiger partial charge in [0.2, 0.25) is 5.91 Å². The number of para-hydroxylation sites is 2. The van der Waals surface area contributed by atoms with Crippen molar-refractivity contribution in [1.82, 2.24) is 10.1 Å². The van der Waals surface area contributed by atoms with Crippen LogP contribution in [0.15, 0.2) is 47.0 Å². The van der Waals surface area contributed by atoms with Crippen molar-refractivity contribution in [3.8, 4) is 11.5 Å². The number of methoxy groups -OCH3 is 1. The highest BCUT2D eigenvalue weighted by Crippen LogP contribution is 2.29. The van der Waals surface area contributed by atoms with Gasteiger partial charge in [-0.2, -0.15) is 4.98 Å². The van der Waals surface area contributed by atoms with Crippen molar-refractivity contribution in [1.29, 1.82) is 0 Å². The number of anilines is 1. The molecule has 0 aliphatic heterocycles. The second kappa shape index (κ2) is 9.02. The predicted molar refractivity (Wildman–Crippen MR) is 102 cm³/mol. The van der Waals surface area contributed by atoms with Crippen molar-refractivity contribution in [3.05, 3.63) is 69.3 Å². The first-order valence-electron chi connectivity index (χ1n) is 8.27. The Labute approximate surface area is 169 Å². The van der Waals surface area contributed by atoms with E-state index in [1.807, 2.05) is 0 Å². The quantitative estimate of drug-likeness (QED) is 0.435. The van der Waals surface area contributed by atoms with Crippen molar-refractivity contribution < 1.29 is 23.7 Å².